The highest BCUT2D eigenvalue weighted by Crippen LogP contribution is 2.19. The average molecular weight is 359 g/mol. The molecule has 8 nitrogen and oxygen atoms in total. The number of fused-ring (bicyclic) bond motifs is 1. The predicted octanol–water partition coefficient (Wildman–Crippen LogP) is 1.66. The van der Waals surface area contributed by atoms with Crippen LogP contribution in [0.2, 0.25) is 0 Å². The number of benzene rings is 1. The number of hydrogen-bond acceptors (Lipinski definition) is 6. The molecule has 1 aromatic heterocycles. The fourth-order valence-corrected chi connectivity index (χ4v) is 3.11. The molecule has 0 saturated carbocycles. The molecule has 1 aromatic carbocycles. The number of amides is 1. The van der Waals surface area contributed by atoms with Crippen LogP contribution in [0.3, 0.4) is 0 Å². The van der Waals surface area contributed by atoms with E-state index in [-0.39, 0.29) is 12.3 Å². The molecule has 0 spiro atoms. The van der Waals surface area contributed by atoms with Gasteiger partial charge in [0.15, 0.2) is 12.3 Å². The lowest BCUT2D eigenvalue weighted by Gasteiger charge is -2.33. The second-order valence-corrected chi connectivity index (χ2v) is 6.04. The number of likely N-dealkylation sites (tertiary alicyclic amines) is 1. The Bertz CT molecular complexity index is 816. The summed E-state index contributed by atoms with van der Waals surface area (Å²) in [7, 11) is 0. The summed E-state index contributed by atoms with van der Waals surface area (Å²) >= 11 is 0. The maximum Gasteiger partial charge on any atom is 0.359 e. The molecule has 0 aliphatic carbocycles. The van der Waals surface area contributed by atoms with Crippen molar-refractivity contribution < 1.29 is 23.9 Å². The van der Waals surface area contributed by atoms with E-state index in [0.29, 0.717) is 23.9 Å². The summed E-state index contributed by atoms with van der Waals surface area (Å²) < 4.78 is 10.2. The zero-order valence-corrected chi connectivity index (χ0v) is 14.6. The number of carbonyl (C=O) groups is 3. The van der Waals surface area contributed by atoms with Gasteiger partial charge in [0, 0.05) is 11.9 Å². The van der Waals surface area contributed by atoms with Gasteiger partial charge >= 0.3 is 11.9 Å². The number of nitrogens with zero attached hydrogens (tertiary/aromatic N) is 2. The number of esters is 2. The third-order valence-corrected chi connectivity index (χ3v) is 4.37. The fourth-order valence-electron chi connectivity index (χ4n) is 3.11. The van der Waals surface area contributed by atoms with E-state index >= 15 is 0 Å². The van der Waals surface area contributed by atoms with Gasteiger partial charge in [0.1, 0.15) is 6.04 Å². The molecule has 2 aromatic rings. The Morgan fingerprint density at radius 3 is 2.85 bits per heavy atom. The first kappa shape index (κ1) is 17.9. The van der Waals surface area contributed by atoms with Gasteiger partial charge in [-0.15, -0.1) is 0 Å². The van der Waals surface area contributed by atoms with E-state index in [1.807, 2.05) is 6.07 Å². The van der Waals surface area contributed by atoms with Crippen molar-refractivity contribution in [2.75, 3.05) is 19.8 Å². The number of piperidine rings is 1. The third kappa shape index (κ3) is 3.68. The molecule has 1 atom stereocenters. The lowest BCUT2D eigenvalue weighted by molar-refractivity contribution is -0.157. The lowest BCUT2D eigenvalue weighted by Crippen LogP contribution is -2.50. The van der Waals surface area contributed by atoms with Crippen LogP contribution in [-0.2, 0) is 19.1 Å². The van der Waals surface area contributed by atoms with Crippen LogP contribution in [0.5, 0.6) is 0 Å². The van der Waals surface area contributed by atoms with E-state index in [4.69, 9.17) is 9.47 Å². The monoisotopic (exact) mass is 359 g/mol. The van der Waals surface area contributed by atoms with Crippen molar-refractivity contribution >= 4 is 28.7 Å². The standard InChI is InChI=1S/C18H21N3O5/c1-2-25-17(23)14-9-5-6-10-21(14)15(22)11-26-18(24)16-12-7-3-4-8-13(12)19-20-16/h3-4,7-8,14H,2,5-6,9-11H2,1H3,(H,19,20). The number of rotatable bonds is 5. The second kappa shape index (κ2) is 7.99. The Kier molecular flexibility index (Phi) is 5.50. The van der Waals surface area contributed by atoms with E-state index in [9.17, 15) is 14.4 Å². The van der Waals surface area contributed by atoms with Gasteiger partial charge in [0.05, 0.1) is 12.1 Å². The first-order valence-electron chi connectivity index (χ1n) is 8.68. The van der Waals surface area contributed by atoms with Crippen molar-refractivity contribution in [3.63, 3.8) is 0 Å². The van der Waals surface area contributed by atoms with Crippen LogP contribution in [-0.4, -0.2) is 58.7 Å². The summed E-state index contributed by atoms with van der Waals surface area (Å²) in [5, 5.41) is 7.34. The Morgan fingerprint density at radius 2 is 2.04 bits per heavy atom. The van der Waals surface area contributed by atoms with Crippen LogP contribution < -0.4 is 0 Å². The summed E-state index contributed by atoms with van der Waals surface area (Å²) in [6, 6.07) is 6.55. The topological polar surface area (TPSA) is 102 Å². The van der Waals surface area contributed by atoms with Gasteiger partial charge in [-0.05, 0) is 32.3 Å². The Morgan fingerprint density at radius 1 is 1.23 bits per heavy atom. The number of aromatic amines is 1. The molecule has 1 aliphatic rings. The minimum atomic E-state index is -0.680. The summed E-state index contributed by atoms with van der Waals surface area (Å²) in [5.41, 5.74) is 0.846. The maximum atomic E-state index is 12.5. The van der Waals surface area contributed by atoms with Crippen LogP contribution in [0, 0.1) is 0 Å². The normalized spacial score (nSPS) is 17.1. The number of H-pyrrole nitrogens is 1. The second-order valence-electron chi connectivity index (χ2n) is 6.04. The lowest BCUT2D eigenvalue weighted by atomic mass is 10.0. The zero-order valence-electron chi connectivity index (χ0n) is 14.6. The highest BCUT2D eigenvalue weighted by molar-refractivity contribution is 6.02. The van der Waals surface area contributed by atoms with Crippen molar-refractivity contribution in [2.24, 2.45) is 0 Å². The number of nitrogens with one attached hydrogen (secondary N) is 1. The van der Waals surface area contributed by atoms with Crippen molar-refractivity contribution in [1.29, 1.82) is 0 Å². The molecule has 26 heavy (non-hydrogen) atoms. The highest BCUT2D eigenvalue weighted by atomic mass is 16.5. The zero-order chi connectivity index (χ0) is 18.5. The number of para-hydroxylation sites is 1. The molecular weight excluding hydrogens is 338 g/mol. The molecule has 1 aliphatic heterocycles. The summed E-state index contributed by atoms with van der Waals surface area (Å²) in [6.45, 7) is 2.00. The van der Waals surface area contributed by atoms with Gasteiger partial charge in [-0.1, -0.05) is 18.2 Å². The number of aromatic nitrogens is 2. The van der Waals surface area contributed by atoms with E-state index in [2.05, 4.69) is 10.2 Å². The summed E-state index contributed by atoms with van der Waals surface area (Å²) in [5.74, 6) is -1.50. The third-order valence-electron chi connectivity index (χ3n) is 4.37. The molecule has 2 heterocycles. The summed E-state index contributed by atoms with van der Waals surface area (Å²) in [4.78, 5) is 38.2. The molecule has 1 fully saturated rings. The quantitative estimate of drug-likeness (QED) is 0.815. The predicted molar refractivity (Wildman–Crippen MR) is 92.4 cm³/mol. The molecule has 1 unspecified atom stereocenters. The van der Waals surface area contributed by atoms with Crippen molar-refractivity contribution in [1.82, 2.24) is 15.1 Å². The minimum absolute atomic E-state index is 0.133. The van der Waals surface area contributed by atoms with Crippen LogP contribution in [0.4, 0.5) is 0 Å². The van der Waals surface area contributed by atoms with Crippen LogP contribution in [0.15, 0.2) is 24.3 Å². The van der Waals surface area contributed by atoms with Gasteiger partial charge in [-0.2, -0.15) is 5.10 Å². The Hall–Kier alpha value is -2.90. The molecule has 138 valence electrons. The number of hydrogen-bond donors (Lipinski definition) is 1. The SMILES string of the molecule is CCOC(=O)C1CCCCN1C(=O)COC(=O)c1n[nH]c2ccccc12. The number of carbonyl (C=O) groups excluding carboxylic acids is 3. The van der Waals surface area contributed by atoms with Crippen LogP contribution >= 0.6 is 0 Å². The molecule has 8 heteroatoms. The van der Waals surface area contributed by atoms with E-state index < -0.39 is 30.5 Å². The molecule has 0 bridgehead atoms. The van der Waals surface area contributed by atoms with Gasteiger partial charge in [0.25, 0.3) is 5.91 Å². The molecule has 3 rings (SSSR count). The highest BCUT2D eigenvalue weighted by Gasteiger charge is 2.33. The van der Waals surface area contributed by atoms with Crippen LogP contribution in [0.25, 0.3) is 10.9 Å². The first-order valence-corrected chi connectivity index (χ1v) is 8.68. The molecule has 1 N–H and O–H groups in total. The van der Waals surface area contributed by atoms with Gasteiger partial charge in [-0.25, -0.2) is 9.59 Å². The van der Waals surface area contributed by atoms with Crippen molar-refractivity contribution in [2.45, 2.75) is 32.2 Å². The van der Waals surface area contributed by atoms with E-state index in [1.165, 1.54) is 4.90 Å². The van der Waals surface area contributed by atoms with Crippen LogP contribution in [0.1, 0.15) is 36.7 Å². The largest absolute Gasteiger partial charge is 0.464 e. The Labute approximate surface area is 150 Å². The smallest absolute Gasteiger partial charge is 0.359 e. The Balaban J connectivity index is 1.63. The molecule has 1 saturated heterocycles. The van der Waals surface area contributed by atoms with Gasteiger partial charge < -0.3 is 14.4 Å². The van der Waals surface area contributed by atoms with E-state index in [0.717, 1.165) is 12.8 Å². The minimum Gasteiger partial charge on any atom is -0.464 e. The maximum absolute atomic E-state index is 12.5. The van der Waals surface area contributed by atoms with Crippen molar-refractivity contribution in [3.05, 3.63) is 30.0 Å². The fraction of sp³-hybridized carbons (Fsp3) is 0.444. The average Bonchev–Trinajstić information content (AvgIpc) is 3.10. The molecule has 0 radical (unpaired) electrons. The number of ether oxygens (including phenoxy) is 2. The van der Waals surface area contributed by atoms with Crippen molar-refractivity contribution in [3.8, 4) is 0 Å². The summed E-state index contributed by atoms with van der Waals surface area (Å²) in [6.07, 6.45) is 2.22. The molecular formula is C18H21N3O5. The van der Waals surface area contributed by atoms with E-state index in [1.54, 1.807) is 25.1 Å². The molecule has 1 amide bonds. The first-order chi connectivity index (χ1) is 12.6. The van der Waals surface area contributed by atoms with Gasteiger partial charge in [0.2, 0.25) is 0 Å². The van der Waals surface area contributed by atoms with Gasteiger partial charge in [-0.3, -0.25) is 9.89 Å².